The van der Waals surface area contributed by atoms with Gasteiger partial charge in [-0.1, -0.05) is 25.4 Å². The summed E-state index contributed by atoms with van der Waals surface area (Å²) in [6.45, 7) is 7.92. The van der Waals surface area contributed by atoms with Gasteiger partial charge < -0.3 is 10.1 Å². The van der Waals surface area contributed by atoms with Gasteiger partial charge in [0, 0.05) is 20.2 Å². The lowest BCUT2D eigenvalue weighted by molar-refractivity contribution is 0.198. The van der Waals surface area contributed by atoms with E-state index in [0.29, 0.717) is 5.92 Å². The molecule has 0 amide bonds. The van der Waals surface area contributed by atoms with Crippen molar-refractivity contribution >= 4 is 11.6 Å². The molecule has 5 heteroatoms. The molecule has 0 aliphatic carbocycles. The van der Waals surface area contributed by atoms with Crippen LogP contribution in [0.3, 0.4) is 0 Å². The first-order chi connectivity index (χ1) is 8.69. The van der Waals surface area contributed by atoms with Gasteiger partial charge in [0.15, 0.2) is 0 Å². The fraction of sp³-hybridized carbons (Fsp3) is 0.769. The van der Waals surface area contributed by atoms with Gasteiger partial charge in [0.05, 0.1) is 23.5 Å². The molecule has 104 valence electrons. The number of rotatable bonds is 9. The summed E-state index contributed by atoms with van der Waals surface area (Å²) in [7, 11) is 1.72. The number of nitrogens with one attached hydrogen (secondary N) is 1. The van der Waals surface area contributed by atoms with Crippen LogP contribution in [-0.4, -0.2) is 36.6 Å². The Bertz CT molecular complexity index is 341. The van der Waals surface area contributed by atoms with Gasteiger partial charge in [0.2, 0.25) is 0 Å². The Morgan fingerprint density at radius 2 is 2.33 bits per heavy atom. The minimum absolute atomic E-state index is 0.534. The summed E-state index contributed by atoms with van der Waals surface area (Å²) >= 11 is 6.18. The number of methoxy groups -OCH3 is 1. The fourth-order valence-electron chi connectivity index (χ4n) is 1.92. The number of hydrogen-bond acceptors (Lipinski definition) is 3. The maximum absolute atomic E-state index is 6.18. The van der Waals surface area contributed by atoms with Gasteiger partial charge in [-0.15, -0.1) is 0 Å². The quantitative estimate of drug-likeness (QED) is 0.702. The highest BCUT2D eigenvalue weighted by atomic mass is 35.5. The van der Waals surface area contributed by atoms with Gasteiger partial charge in [-0.3, -0.25) is 4.68 Å². The number of hydrogen-bond donors (Lipinski definition) is 1. The Hall–Kier alpha value is -0.580. The van der Waals surface area contributed by atoms with E-state index in [1.807, 2.05) is 4.68 Å². The summed E-state index contributed by atoms with van der Waals surface area (Å²) in [6, 6.07) is 0. The third-order valence-electron chi connectivity index (χ3n) is 2.85. The van der Waals surface area contributed by atoms with Crippen molar-refractivity contribution in [2.75, 3.05) is 26.8 Å². The molecule has 1 heterocycles. The van der Waals surface area contributed by atoms with E-state index in [9.17, 15) is 0 Å². The zero-order valence-electron chi connectivity index (χ0n) is 11.6. The molecule has 0 spiro atoms. The largest absolute Gasteiger partial charge is 0.383 e. The Morgan fingerprint density at radius 1 is 1.56 bits per heavy atom. The smallest absolute Gasteiger partial charge is 0.0817 e. The second kappa shape index (κ2) is 8.51. The first-order valence-electron chi connectivity index (χ1n) is 6.58. The van der Waals surface area contributed by atoms with Gasteiger partial charge in [-0.25, -0.2) is 0 Å². The van der Waals surface area contributed by atoms with Crippen molar-refractivity contribution < 1.29 is 4.74 Å². The number of aryl methyl sites for hydroxylation is 1. The highest BCUT2D eigenvalue weighted by molar-refractivity contribution is 6.31. The van der Waals surface area contributed by atoms with Crippen molar-refractivity contribution in [2.24, 2.45) is 5.92 Å². The van der Waals surface area contributed by atoms with Crippen LogP contribution in [0.1, 0.15) is 26.0 Å². The van der Waals surface area contributed by atoms with E-state index in [2.05, 4.69) is 24.3 Å². The molecule has 0 fully saturated rings. The van der Waals surface area contributed by atoms with Crippen molar-refractivity contribution in [1.82, 2.24) is 15.1 Å². The summed E-state index contributed by atoms with van der Waals surface area (Å²) in [5, 5.41) is 8.47. The average molecular weight is 274 g/mol. The van der Waals surface area contributed by atoms with E-state index in [-0.39, 0.29) is 0 Å². The van der Waals surface area contributed by atoms with Crippen LogP contribution in [0.15, 0.2) is 6.20 Å². The molecule has 18 heavy (non-hydrogen) atoms. The van der Waals surface area contributed by atoms with Gasteiger partial charge in [0.1, 0.15) is 0 Å². The Kier molecular flexibility index (Phi) is 7.32. The lowest BCUT2D eigenvalue weighted by Crippen LogP contribution is -2.26. The molecule has 1 aromatic heterocycles. The molecule has 4 nitrogen and oxygen atoms in total. The molecule has 1 N–H and O–H groups in total. The molecule has 1 rings (SSSR count). The van der Waals surface area contributed by atoms with Crippen LogP contribution in [0.4, 0.5) is 0 Å². The minimum atomic E-state index is 0.534. The maximum Gasteiger partial charge on any atom is 0.0817 e. The predicted octanol–water partition coefficient (Wildman–Crippen LogP) is 2.36. The highest BCUT2D eigenvalue weighted by Gasteiger charge is 2.12. The first kappa shape index (κ1) is 15.5. The van der Waals surface area contributed by atoms with Gasteiger partial charge in [-0.2, -0.15) is 5.10 Å². The average Bonchev–Trinajstić information content (AvgIpc) is 2.68. The van der Waals surface area contributed by atoms with Crippen LogP contribution in [-0.2, 0) is 17.7 Å². The SMILES string of the molecule is CCCn1ncc(Cl)c1CC(C)CNCCOC. The van der Waals surface area contributed by atoms with E-state index in [1.54, 1.807) is 13.3 Å². The van der Waals surface area contributed by atoms with Crippen molar-refractivity contribution in [3.05, 3.63) is 16.9 Å². The summed E-state index contributed by atoms with van der Waals surface area (Å²) < 4.78 is 7.02. The number of halogens is 1. The van der Waals surface area contributed by atoms with Crippen molar-refractivity contribution in [3.63, 3.8) is 0 Å². The summed E-state index contributed by atoms with van der Waals surface area (Å²) in [5.74, 6) is 0.534. The van der Waals surface area contributed by atoms with Crippen LogP contribution in [0.25, 0.3) is 0 Å². The molecule has 1 aromatic rings. The van der Waals surface area contributed by atoms with E-state index in [0.717, 1.165) is 49.8 Å². The Labute approximate surface area is 115 Å². The number of aromatic nitrogens is 2. The third-order valence-corrected chi connectivity index (χ3v) is 3.17. The van der Waals surface area contributed by atoms with Gasteiger partial charge >= 0.3 is 0 Å². The van der Waals surface area contributed by atoms with Crippen LogP contribution in [0, 0.1) is 5.92 Å². The zero-order chi connectivity index (χ0) is 13.4. The molecule has 0 aromatic carbocycles. The Balaban J connectivity index is 2.42. The fourth-order valence-corrected chi connectivity index (χ4v) is 2.14. The summed E-state index contributed by atoms with van der Waals surface area (Å²) in [4.78, 5) is 0. The first-order valence-corrected chi connectivity index (χ1v) is 6.96. The highest BCUT2D eigenvalue weighted by Crippen LogP contribution is 2.19. The maximum atomic E-state index is 6.18. The molecule has 0 saturated carbocycles. The summed E-state index contributed by atoms with van der Waals surface area (Å²) in [5.41, 5.74) is 1.15. The second-order valence-corrected chi connectivity index (χ2v) is 5.08. The topological polar surface area (TPSA) is 39.1 Å². The molecule has 0 radical (unpaired) electrons. The van der Waals surface area contributed by atoms with Gasteiger partial charge in [-0.05, 0) is 25.3 Å². The molecular formula is C13H24ClN3O. The Morgan fingerprint density at radius 3 is 3.00 bits per heavy atom. The van der Waals surface area contributed by atoms with Crippen LogP contribution >= 0.6 is 11.6 Å². The number of ether oxygens (including phenoxy) is 1. The molecule has 1 unspecified atom stereocenters. The van der Waals surface area contributed by atoms with E-state index < -0.39 is 0 Å². The van der Waals surface area contributed by atoms with Crippen molar-refractivity contribution in [3.8, 4) is 0 Å². The monoisotopic (exact) mass is 273 g/mol. The van der Waals surface area contributed by atoms with E-state index in [4.69, 9.17) is 16.3 Å². The lowest BCUT2D eigenvalue weighted by Gasteiger charge is -2.14. The molecular weight excluding hydrogens is 250 g/mol. The predicted molar refractivity (Wildman–Crippen MR) is 75.1 cm³/mol. The molecule has 0 bridgehead atoms. The van der Waals surface area contributed by atoms with Gasteiger partial charge in [0.25, 0.3) is 0 Å². The molecule has 0 saturated heterocycles. The normalized spacial score (nSPS) is 12.9. The minimum Gasteiger partial charge on any atom is -0.383 e. The lowest BCUT2D eigenvalue weighted by atomic mass is 10.1. The number of nitrogens with zero attached hydrogens (tertiary/aromatic N) is 2. The zero-order valence-corrected chi connectivity index (χ0v) is 12.3. The standard InChI is InChI=1S/C13H24ClN3O/c1-4-6-17-13(12(14)10-16-17)8-11(2)9-15-5-7-18-3/h10-11,15H,4-9H2,1-3H3. The van der Waals surface area contributed by atoms with Crippen LogP contribution in [0.5, 0.6) is 0 Å². The van der Waals surface area contributed by atoms with Crippen LogP contribution < -0.4 is 5.32 Å². The molecule has 1 atom stereocenters. The molecule has 0 aliphatic heterocycles. The van der Waals surface area contributed by atoms with E-state index >= 15 is 0 Å². The van der Waals surface area contributed by atoms with E-state index in [1.165, 1.54) is 0 Å². The van der Waals surface area contributed by atoms with Crippen molar-refractivity contribution in [1.29, 1.82) is 0 Å². The van der Waals surface area contributed by atoms with Crippen LogP contribution in [0.2, 0.25) is 5.02 Å². The van der Waals surface area contributed by atoms with Crippen molar-refractivity contribution in [2.45, 2.75) is 33.2 Å². The summed E-state index contributed by atoms with van der Waals surface area (Å²) in [6.07, 6.45) is 3.78. The second-order valence-electron chi connectivity index (χ2n) is 4.67. The molecule has 0 aliphatic rings. The third kappa shape index (κ3) is 4.96.